The third-order valence-electron chi connectivity index (χ3n) is 4.40. The number of rotatable bonds is 3. The molecular formula is C16H23FN2O. The van der Waals surface area contributed by atoms with E-state index in [4.69, 9.17) is 4.74 Å². The van der Waals surface area contributed by atoms with E-state index < -0.39 is 0 Å². The van der Waals surface area contributed by atoms with Crippen LogP contribution in [0.25, 0.3) is 0 Å². The number of hydrogen-bond acceptors (Lipinski definition) is 3. The lowest BCUT2D eigenvalue weighted by Gasteiger charge is -2.40. The van der Waals surface area contributed by atoms with Crippen molar-refractivity contribution >= 4 is 0 Å². The van der Waals surface area contributed by atoms with E-state index in [2.05, 4.69) is 24.2 Å². The van der Waals surface area contributed by atoms with Crippen molar-refractivity contribution < 1.29 is 9.13 Å². The molecule has 0 amide bonds. The summed E-state index contributed by atoms with van der Waals surface area (Å²) in [4.78, 5) is 2.29. The van der Waals surface area contributed by atoms with Crippen molar-refractivity contribution in [2.45, 2.75) is 37.8 Å². The van der Waals surface area contributed by atoms with Crippen LogP contribution in [0, 0.1) is 5.82 Å². The van der Waals surface area contributed by atoms with Crippen molar-refractivity contribution in [1.29, 1.82) is 0 Å². The Balaban J connectivity index is 1.91. The molecular weight excluding hydrogens is 255 g/mol. The predicted molar refractivity (Wildman–Crippen MR) is 77.5 cm³/mol. The molecule has 20 heavy (non-hydrogen) atoms. The summed E-state index contributed by atoms with van der Waals surface area (Å²) in [5, 5.41) is 3.59. The zero-order valence-corrected chi connectivity index (χ0v) is 12.3. The van der Waals surface area contributed by atoms with Gasteiger partial charge in [0.1, 0.15) is 17.2 Å². The van der Waals surface area contributed by atoms with Gasteiger partial charge in [-0.25, -0.2) is 4.39 Å². The number of ether oxygens (including phenoxy) is 1. The van der Waals surface area contributed by atoms with Crippen LogP contribution >= 0.6 is 0 Å². The minimum atomic E-state index is -0.221. The third-order valence-corrected chi connectivity index (χ3v) is 4.40. The first-order valence-corrected chi connectivity index (χ1v) is 7.52. The van der Waals surface area contributed by atoms with Gasteiger partial charge < -0.3 is 15.0 Å². The Morgan fingerprint density at radius 1 is 1.50 bits per heavy atom. The summed E-state index contributed by atoms with van der Waals surface area (Å²) in [6.07, 6.45) is 3.08. The maximum Gasteiger partial charge on any atom is 0.127 e. The number of fused-ring (bicyclic) bond motifs is 1. The molecule has 2 heterocycles. The molecule has 1 spiro atoms. The van der Waals surface area contributed by atoms with Gasteiger partial charge in [0.2, 0.25) is 0 Å². The molecule has 3 nitrogen and oxygen atoms in total. The normalized spacial score (nSPS) is 29.4. The van der Waals surface area contributed by atoms with Crippen molar-refractivity contribution in [2.75, 3.05) is 26.7 Å². The Morgan fingerprint density at radius 3 is 3.05 bits per heavy atom. The SMILES string of the molecule is CCCNC1CC2(CCN(C)C2)Oc2cc(F)ccc21. The van der Waals surface area contributed by atoms with Crippen LogP contribution in [0.4, 0.5) is 4.39 Å². The first-order chi connectivity index (χ1) is 9.62. The van der Waals surface area contributed by atoms with Crippen molar-refractivity contribution in [3.63, 3.8) is 0 Å². The van der Waals surface area contributed by atoms with Gasteiger partial charge in [0.05, 0.1) is 0 Å². The molecule has 1 saturated heterocycles. The van der Waals surface area contributed by atoms with Gasteiger partial charge in [0.25, 0.3) is 0 Å². The van der Waals surface area contributed by atoms with Crippen molar-refractivity contribution in [3.8, 4) is 5.75 Å². The summed E-state index contributed by atoms with van der Waals surface area (Å²) in [7, 11) is 2.12. The molecule has 0 radical (unpaired) electrons. The van der Waals surface area contributed by atoms with E-state index >= 15 is 0 Å². The van der Waals surface area contributed by atoms with Crippen LogP contribution in [0.5, 0.6) is 5.75 Å². The number of benzene rings is 1. The monoisotopic (exact) mass is 278 g/mol. The summed E-state index contributed by atoms with van der Waals surface area (Å²) in [5.41, 5.74) is 0.945. The Hall–Kier alpha value is -1.13. The Labute approximate surface area is 120 Å². The largest absolute Gasteiger partial charge is 0.485 e. The fraction of sp³-hybridized carbons (Fsp3) is 0.625. The first kappa shape index (κ1) is 13.8. The summed E-state index contributed by atoms with van der Waals surface area (Å²) in [5.74, 6) is 0.501. The second-order valence-corrected chi connectivity index (χ2v) is 6.17. The Bertz CT molecular complexity index is 493. The molecule has 3 rings (SSSR count). The maximum atomic E-state index is 13.5. The standard InChI is InChI=1S/C16H23FN2O/c1-3-7-18-14-10-16(6-8-19(2)11-16)20-15-9-12(17)4-5-13(14)15/h4-5,9,14,18H,3,6-8,10-11H2,1-2H3. The molecule has 0 bridgehead atoms. The van der Waals surface area contributed by atoms with E-state index in [9.17, 15) is 4.39 Å². The quantitative estimate of drug-likeness (QED) is 0.920. The summed E-state index contributed by atoms with van der Waals surface area (Å²) in [6, 6.07) is 5.20. The van der Waals surface area contributed by atoms with Gasteiger partial charge in [-0.2, -0.15) is 0 Å². The lowest BCUT2D eigenvalue weighted by atomic mass is 9.86. The first-order valence-electron chi connectivity index (χ1n) is 7.52. The number of nitrogens with one attached hydrogen (secondary N) is 1. The van der Waals surface area contributed by atoms with E-state index in [-0.39, 0.29) is 17.5 Å². The highest BCUT2D eigenvalue weighted by Gasteiger charge is 2.44. The van der Waals surface area contributed by atoms with Gasteiger partial charge in [-0.1, -0.05) is 13.0 Å². The molecule has 1 aromatic carbocycles. The lowest BCUT2D eigenvalue weighted by Crippen LogP contribution is -2.46. The van der Waals surface area contributed by atoms with Gasteiger partial charge in [-0.05, 0) is 26.1 Å². The minimum Gasteiger partial charge on any atom is -0.485 e. The van der Waals surface area contributed by atoms with Crippen LogP contribution in [0.2, 0.25) is 0 Å². The van der Waals surface area contributed by atoms with Crippen molar-refractivity contribution in [3.05, 3.63) is 29.6 Å². The van der Waals surface area contributed by atoms with Crippen LogP contribution in [-0.4, -0.2) is 37.2 Å². The highest BCUT2D eigenvalue weighted by molar-refractivity contribution is 5.40. The van der Waals surface area contributed by atoms with Crippen molar-refractivity contribution in [2.24, 2.45) is 0 Å². The fourth-order valence-corrected chi connectivity index (χ4v) is 3.44. The summed E-state index contributed by atoms with van der Waals surface area (Å²) >= 11 is 0. The minimum absolute atomic E-state index is 0.152. The van der Waals surface area contributed by atoms with E-state index in [0.717, 1.165) is 50.2 Å². The molecule has 1 N–H and O–H groups in total. The zero-order valence-electron chi connectivity index (χ0n) is 12.3. The summed E-state index contributed by atoms with van der Waals surface area (Å²) in [6.45, 7) is 5.11. The van der Waals surface area contributed by atoms with Gasteiger partial charge in [0.15, 0.2) is 0 Å². The molecule has 2 atom stereocenters. The molecule has 4 heteroatoms. The molecule has 1 fully saturated rings. The van der Waals surface area contributed by atoms with Crippen molar-refractivity contribution in [1.82, 2.24) is 10.2 Å². The number of nitrogens with zero attached hydrogens (tertiary/aromatic N) is 1. The smallest absolute Gasteiger partial charge is 0.127 e. The molecule has 2 aliphatic rings. The van der Waals surface area contributed by atoms with E-state index in [1.807, 2.05) is 6.07 Å². The highest BCUT2D eigenvalue weighted by Crippen LogP contribution is 2.43. The van der Waals surface area contributed by atoms with Gasteiger partial charge >= 0.3 is 0 Å². The topological polar surface area (TPSA) is 24.5 Å². The maximum absolute atomic E-state index is 13.5. The summed E-state index contributed by atoms with van der Waals surface area (Å²) < 4.78 is 19.7. The van der Waals surface area contributed by atoms with E-state index in [1.54, 1.807) is 0 Å². The number of likely N-dealkylation sites (N-methyl/N-ethyl adjacent to an activating group) is 1. The lowest BCUT2D eigenvalue weighted by molar-refractivity contribution is 0.0404. The van der Waals surface area contributed by atoms with Gasteiger partial charge in [0, 0.05) is 43.6 Å². The Morgan fingerprint density at radius 2 is 2.35 bits per heavy atom. The van der Waals surface area contributed by atoms with Crippen LogP contribution in [-0.2, 0) is 0 Å². The zero-order chi connectivity index (χ0) is 14.2. The van der Waals surface area contributed by atoms with Crippen LogP contribution in [0.15, 0.2) is 18.2 Å². The van der Waals surface area contributed by atoms with Crippen LogP contribution in [0.1, 0.15) is 37.8 Å². The molecule has 0 aliphatic carbocycles. The molecule has 0 aromatic heterocycles. The van der Waals surface area contributed by atoms with Gasteiger partial charge in [-0.15, -0.1) is 0 Å². The fourth-order valence-electron chi connectivity index (χ4n) is 3.44. The predicted octanol–water partition coefficient (Wildman–Crippen LogP) is 2.72. The highest BCUT2D eigenvalue weighted by atomic mass is 19.1. The van der Waals surface area contributed by atoms with E-state index in [1.165, 1.54) is 12.1 Å². The molecule has 2 aliphatic heterocycles. The third kappa shape index (κ3) is 2.54. The van der Waals surface area contributed by atoms with Crippen LogP contribution < -0.4 is 10.1 Å². The number of likely N-dealkylation sites (tertiary alicyclic amines) is 1. The average Bonchev–Trinajstić information content (AvgIpc) is 2.76. The Kier molecular flexibility index (Phi) is 3.69. The van der Waals surface area contributed by atoms with E-state index in [0.29, 0.717) is 0 Å². The van der Waals surface area contributed by atoms with Crippen LogP contribution in [0.3, 0.4) is 0 Å². The molecule has 0 saturated carbocycles. The molecule has 1 aromatic rings. The van der Waals surface area contributed by atoms with Gasteiger partial charge in [-0.3, -0.25) is 0 Å². The number of hydrogen-bond donors (Lipinski definition) is 1. The molecule has 110 valence electrons. The second kappa shape index (κ2) is 5.34. The number of halogens is 1. The average molecular weight is 278 g/mol. The second-order valence-electron chi connectivity index (χ2n) is 6.17. The molecule has 2 unspecified atom stereocenters.